The van der Waals surface area contributed by atoms with Gasteiger partial charge in [0.2, 0.25) is 0 Å². The summed E-state index contributed by atoms with van der Waals surface area (Å²) in [6.45, 7) is 8.76. The van der Waals surface area contributed by atoms with Gasteiger partial charge >= 0.3 is 0 Å². The minimum absolute atomic E-state index is 0.478. The van der Waals surface area contributed by atoms with Gasteiger partial charge in [-0.25, -0.2) is 0 Å². The van der Waals surface area contributed by atoms with E-state index >= 15 is 0 Å². The summed E-state index contributed by atoms with van der Waals surface area (Å²) in [5.74, 6) is 1.28. The van der Waals surface area contributed by atoms with Crippen LogP contribution < -0.4 is 4.74 Å². The van der Waals surface area contributed by atoms with Gasteiger partial charge in [-0.15, -0.1) is 0 Å². The smallest absolute Gasteiger partial charge is 0.119 e. The normalized spacial score (nSPS) is 14.0. The zero-order valence-electron chi connectivity index (χ0n) is 13.3. The molecule has 0 radical (unpaired) electrons. The Hall–Kier alpha value is -1.80. The second kappa shape index (κ2) is 6.31. The zero-order valence-corrected chi connectivity index (χ0v) is 13.3. The largest absolute Gasteiger partial charge is 0.493 e. The number of aliphatic hydroxyl groups is 1. The predicted molar refractivity (Wildman–Crippen MR) is 86.6 cm³/mol. The lowest BCUT2D eigenvalue weighted by molar-refractivity contribution is 0.102. The van der Waals surface area contributed by atoms with Gasteiger partial charge in [-0.1, -0.05) is 55.8 Å². The van der Waals surface area contributed by atoms with Crippen LogP contribution in [-0.4, -0.2) is 11.7 Å². The first kappa shape index (κ1) is 15.6. The quantitative estimate of drug-likeness (QED) is 0.887. The maximum Gasteiger partial charge on any atom is 0.119 e. The van der Waals surface area contributed by atoms with Crippen molar-refractivity contribution in [1.82, 2.24) is 0 Å². The topological polar surface area (TPSA) is 29.5 Å². The van der Waals surface area contributed by atoms with Crippen molar-refractivity contribution in [2.24, 2.45) is 5.92 Å². The van der Waals surface area contributed by atoms with Gasteiger partial charge in [0.15, 0.2) is 0 Å². The van der Waals surface area contributed by atoms with Crippen LogP contribution in [0.2, 0.25) is 0 Å². The van der Waals surface area contributed by atoms with Crippen molar-refractivity contribution in [2.75, 3.05) is 6.61 Å². The summed E-state index contributed by atoms with van der Waals surface area (Å²) in [5, 5.41) is 10.9. The molecular weight excluding hydrogens is 260 g/mol. The third-order valence-corrected chi connectivity index (χ3v) is 3.56. The molecule has 1 N–H and O–H groups in total. The van der Waals surface area contributed by atoms with Crippen LogP contribution in [0.4, 0.5) is 0 Å². The van der Waals surface area contributed by atoms with Crippen molar-refractivity contribution in [1.29, 1.82) is 0 Å². The Morgan fingerprint density at radius 3 is 2.29 bits per heavy atom. The van der Waals surface area contributed by atoms with E-state index in [0.717, 1.165) is 22.4 Å². The molecule has 0 heterocycles. The molecule has 2 rings (SSSR count). The van der Waals surface area contributed by atoms with E-state index in [1.807, 2.05) is 62.4 Å². The van der Waals surface area contributed by atoms with Crippen LogP contribution in [0.1, 0.15) is 37.5 Å². The SMILES string of the molecule is Cc1cccc(C(C)(O)c2cccc(OCC(C)C)c2)c1. The highest BCUT2D eigenvalue weighted by Gasteiger charge is 2.26. The highest BCUT2D eigenvalue weighted by Crippen LogP contribution is 2.31. The van der Waals surface area contributed by atoms with Crippen LogP contribution in [-0.2, 0) is 5.60 Å². The van der Waals surface area contributed by atoms with Crippen molar-refractivity contribution in [3.05, 3.63) is 65.2 Å². The third-order valence-electron chi connectivity index (χ3n) is 3.56. The monoisotopic (exact) mass is 284 g/mol. The lowest BCUT2D eigenvalue weighted by atomic mass is 9.87. The number of ether oxygens (including phenoxy) is 1. The lowest BCUT2D eigenvalue weighted by Gasteiger charge is -2.25. The Morgan fingerprint density at radius 2 is 1.67 bits per heavy atom. The molecule has 0 aliphatic carbocycles. The van der Waals surface area contributed by atoms with Crippen LogP contribution in [0, 0.1) is 12.8 Å². The standard InChI is InChI=1S/C19H24O2/c1-14(2)13-21-18-10-6-9-17(12-18)19(4,20)16-8-5-7-15(3)11-16/h5-12,14,20H,13H2,1-4H3. The summed E-state index contributed by atoms with van der Waals surface area (Å²) in [6, 6.07) is 15.7. The fraction of sp³-hybridized carbons (Fsp3) is 0.368. The van der Waals surface area contributed by atoms with Crippen LogP contribution >= 0.6 is 0 Å². The van der Waals surface area contributed by atoms with Crippen molar-refractivity contribution < 1.29 is 9.84 Å². The van der Waals surface area contributed by atoms with Crippen LogP contribution in [0.5, 0.6) is 5.75 Å². The van der Waals surface area contributed by atoms with Gasteiger partial charge < -0.3 is 9.84 Å². The first-order valence-electron chi connectivity index (χ1n) is 7.42. The highest BCUT2D eigenvalue weighted by atomic mass is 16.5. The fourth-order valence-electron chi connectivity index (χ4n) is 2.27. The Bertz CT molecular complexity index is 600. The zero-order chi connectivity index (χ0) is 15.5. The Morgan fingerprint density at radius 1 is 1.05 bits per heavy atom. The average molecular weight is 284 g/mol. The number of aryl methyl sites for hydroxylation is 1. The molecule has 0 aromatic heterocycles. The fourth-order valence-corrected chi connectivity index (χ4v) is 2.27. The summed E-state index contributed by atoms with van der Waals surface area (Å²) >= 11 is 0. The molecule has 2 aromatic rings. The molecule has 2 aromatic carbocycles. The van der Waals surface area contributed by atoms with Gasteiger partial charge in [-0.3, -0.25) is 0 Å². The van der Waals surface area contributed by atoms with Crippen LogP contribution in [0.25, 0.3) is 0 Å². The van der Waals surface area contributed by atoms with E-state index in [-0.39, 0.29) is 0 Å². The van der Waals surface area contributed by atoms with E-state index in [4.69, 9.17) is 4.74 Å². The van der Waals surface area contributed by atoms with Gasteiger partial charge in [0.25, 0.3) is 0 Å². The third kappa shape index (κ3) is 3.85. The molecule has 0 amide bonds. The van der Waals surface area contributed by atoms with Crippen LogP contribution in [0.3, 0.4) is 0 Å². The summed E-state index contributed by atoms with van der Waals surface area (Å²) in [6.07, 6.45) is 0. The number of hydrogen-bond acceptors (Lipinski definition) is 2. The Balaban J connectivity index is 2.29. The Labute approximate surface area is 127 Å². The maximum atomic E-state index is 10.9. The molecule has 0 spiro atoms. The Kier molecular flexibility index (Phi) is 4.69. The second-order valence-electron chi connectivity index (χ2n) is 6.17. The van der Waals surface area contributed by atoms with Gasteiger partial charge in [0.1, 0.15) is 11.4 Å². The molecule has 0 fully saturated rings. The molecule has 2 nitrogen and oxygen atoms in total. The van der Waals surface area contributed by atoms with Gasteiger partial charge in [-0.05, 0) is 43.0 Å². The molecule has 1 atom stereocenters. The van der Waals surface area contributed by atoms with E-state index < -0.39 is 5.60 Å². The van der Waals surface area contributed by atoms with E-state index in [2.05, 4.69) is 13.8 Å². The van der Waals surface area contributed by atoms with Crippen molar-refractivity contribution >= 4 is 0 Å². The van der Waals surface area contributed by atoms with E-state index in [1.54, 1.807) is 0 Å². The molecule has 0 saturated heterocycles. The summed E-state index contributed by atoms with van der Waals surface area (Å²) in [4.78, 5) is 0. The molecule has 21 heavy (non-hydrogen) atoms. The van der Waals surface area contributed by atoms with Gasteiger partial charge in [-0.2, -0.15) is 0 Å². The van der Waals surface area contributed by atoms with Crippen LogP contribution in [0.15, 0.2) is 48.5 Å². The average Bonchev–Trinajstić information content (AvgIpc) is 2.45. The molecule has 0 saturated carbocycles. The first-order valence-corrected chi connectivity index (χ1v) is 7.42. The number of rotatable bonds is 5. The molecule has 0 bridgehead atoms. The molecule has 2 heteroatoms. The van der Waals surface area contributed by atoms with Gasteiger partial charge in [0.05, 0.1) is 6.61 Å². The summed E-state index contributed by atoms with van der Waals surface area (Å²) in [5.41, 5.74) is 1.85. The molecule has 112 valence electrons. The highest BCUT2D eigenvalue weighted by molar-refractivity contribution is 5.40. The van der Waals surface area contributed by atoms with Crippen molar-refractivity contribution in [3.63, 3.8) is 0 Å². The first-order chi connectivity index (χ1) is 9.89. The summed E-state index contributed by atoms with van der Waals surface area (Å²) < 4.78 is 5.75. The lowest BCUT2D eigenvalue weighted by Crippen LogP contribution is -2.23. The van der Waals surface area contributed by atoms with Crippen molar-refractivity contribution in [2.45, 2.75) is 33.3 Å². The molecule has 0 aliphatic rings. The van der Waals surface area contributed by atoms with E-state index in [1.165, 1.54) is 0 Å². The second-order valence-corrected chi connectivity index (χ2v) is 6.17. The number of benzene rings is 2. The summed E-state index contributed by atoms with van der Waals surface area (Å²) in [7, 11) is 0. The van der Waals surface area contributed by atoms with E-state index in [9.17, 15) is 5.11 Å². The maximum absolute atomic E-state index is 10.9. The van der Waals surface area contributed by atoms with Crippen molar-refractivity contribution in [3.8, 4) is 5.75 Å². The molecular formula is C19H24O2. The number of hydrogen-bond donors (Lipinski definition) is 1. The minimum atomic E-state index is -1.02. The minimum Gasteiger partial charge on any atom is -0.493 e. The molecule has 1 unspecified atom stereocenters. The molecule has 0 aliphatic heterocycles. The predicted octanol–water partition coefficient (Wildman–Crippen LogP) is 4.29. The van der Waals surface area contributed by atoms with Gasteiger partial charge in [0, 0.05) is 0 Å². The van der Waals surface area contributed by atoms with E-state index in [0.29, 0.717) is 12.5 Å².